The second-order valence-electron chi connectivity index (χ2n) is 5.60. The molecule has 0 saturated heterocycles. The first-order valence-electron chi connectivity index (χ1n) is 7.39. The van der Waals surface area contributed by atoms with Gasteiger partial charge in [0.1, 0.15) is 0 Å². The third-order valence-corrected chi connectivity index (χ3v) is 4.73. The first-order valence-corrected chi connectivity index (χ1v) is 8.18. The average Bonchev–Trinajstić information content (AvgIpc) is 2.50. The van der Waals surface area contributed by atoms with Crippen LogP contribution in [0.5, 0.6) is 0 Å². The van der Waals surface area contributed by atoms with Gasteiger partial charge >= 0.3 is 0 Å². The summed E-state index contributed by atoms with van der Waals surface area (Å²) in [5.41, 5.74) is 4.03. The van der Waals surface area contributed by atoms with Crippen molar-refractivity contribution in [3.05, 3.63) is 69.7 Å². The highest BCUT2D eigenvalue weighted by molar-refractivity contribution is 9.10. The molecule has 0 aliphatic carbocycles. The molecule has 1 heterocycles. The third-order valence-electron chi connectivity index (χ3n) is 3.99. The number of hydrogen-bond acceptors (Lipinski definition) is 2. The van der Waals surface area contributed by atoms with Crippen LogP contribution in [0, 0.1) is 0 Å². The zero-order chi connectivity index (χ0) is 14.7. The quantitative estimate of drug-likeness (QED) is 0.894. The van der Waals surface area contributed by atoms with Crippen molar-refractivity contribution in [2.75, 3.05) is 6.61 Å². The van der Waals surface area contributed by atoms with E-state index in [2.05, 4.69) is 58.5 Å². The zero-order valence-corrected chi connectivity index (χ0v) is 13.8. The highest BCUT2D eigenvalue weighted by Gasteiger charge is 2.24. The van der Waals surface area contributed by atoms with Crippen molar-refractivity contribution in [2.24, 2.45) is 0 Å². The van der Waals surface area contributed by atoms with E-state index in [0.717, 1.165) is 13.0 Å². The molecule has 3 heteroatoms. The van der Waals surface area contributed by atoms with E-state index in [1.807, 2.05) is 18.2 Å². The predicted molar refractivity (Wildman–Crippen MR) is 89.3 cm³/mol. The first kappa shape index (κ1) is 14.8. The predicted octanol–water partition coefficient (Wildman–Crippen LogP) is 4.24. The number of halogens is 1. The first-order chi connectivity index (χ1) is 10.2. The molecule has 0 spiro atoms. The number of ether oxygens (including phenoxy) is 1. The van der Waals surface area contributed by atoms with E-state index in [1.54, 1.807) is 0 Å². The maximum absolute atomic E-state index is 5.88. The Balaban J connectivity index is 1.60. The second kappa shape index (κ2) is 6.73. The van der Waals surface area contributed by atoms with Gasteiger partial charge in [-0.3, -0.25) is 0 Å². The molecule has 0 bridgehead atoms. The van der Waals surface area contributed by atoms with Gasteiger partial charge in [-0.05, 0) is 36.1 Å². The second-order valence-corrected chi connectivity index (χ2v) is 6.45. The summed E-state index contributed by atoms with van der Waals surface area (Å²) in [5.74, 6) is 0. The van der Waals surface area contributed by atoms with Gasteiger partial charge in [0.2, 0.25) is 0 Å². The summed E-state index contributed by atoms with van der Waals surface area (Å²) in [4.78, 5) is 0. The molecular weight excluding hydrogens is 326 g/mol. The molecule has 0 saturated carbocycles. The van der Waals surface area contributed by atoms with E-state index < -0.39 is 0 Å². The van der Waals surface area contributed by atoms with E-state index in [0.29, 0.717) is 18.7 Å². The van der Waals surface area contributed by atoms with Crippen LogP contribution in [0.25, 0.3) is 0 Å². The lowest BCUT2D eigenvalue weighted by atomic mass is 9.91. The maximum Gasteiger partial charge on any atom is 0.0717 e. The molecule has 2 aromatic rings. The number of hydrogen-bond donors (Lipinski definition) is 1. The normalized spacial score (nSPS) is 21.0. The topological polar surface area (TPSA) is 21.3 Å². The number of rotatable bonds is 4. The molecule has 0 amide bonds. The summed E-state index contributed by atoms with van der Waals surface area (Å²) < 4.78 is 7.09. The summed E-state index contributed by atoms with van der Waals surface area (Å²) in [6, 6.07) is 17.5. The van der Waals surface area contributed by atoms with Crippen LogP contribution in [-0.2, 0) is 17.8 Å². The Labute approximate surface area is 134 Å². The molecule has 3 rings (SSSR count). The molecule has 0 aromatic heterocycles. The molecule has 0 radical (unpaired) electrons. The molecule has 1 aliphatic rings. The Hall–Kier alpha value is -1.16. The lowest BCUT2D eigenvalue weighted by molar-refractivity contribution is 0.0932. The van der Waals surface area contributed by atoms with Crippen molar-refractivity contribution in [3.63, 3.8) is 0 Å². The number of fused-ring (bicyclic) bond motifs is 1. The van der Waals surface area contributed by atoms with Gasteiger partial charge in [0.15, 0.2) is 0 Å². The maximum atomic E-state index is 5.88. The SMILES string of the molecule is C[C@@H]1N[C@@H](COCc2ccccc2)Cc2c(Br)cccc21. The van der Waals surface area contributed by atoms with E-state index in [4.69, 9.17) is 4.74 Å². The zero-order valence-electron chi connectivity index (χ0n) is 12.2. The minimum absolute atomic E-state index is 0.370. The van der Waals surface area contributed by atoms with E-state index in [-0.39, 0.29) is 0 Å². The van der Waals surface area contributed by atoms with E-state index in [1.165, 1.54) is 21.2 Å². The molecule has 0 unspecified atom stereocenters. The molecule has 21 heavy (non-hydrogen) atoms. The van der Waals surface area contributed by atoms with Crippen molar-refractivity contribution in [2.45, 2.75) is 32.0 Å². The van der Waals surface area contributed by atoms with Crippen LogP contribution < -0.4 is 5.32 Å². The third kappa shape index (κ3) is 3.54. The van der Waals surface area contributed by atoms with Gasteiger partial charge in [0.25, 0.3) is 0 Å². The minimum atomic E-state index is 0.370. The van der Waals surface area contributed by atoms with Gasteiger partial charge in [-0.2, -0.15) is 0 Å². The lowest BCUT2D eigenvalue weighted by Crippen LogP contribution is -2.41. The molecule has 2 aromatic carbocycles. The van der Waals surface area contributed by atoms with Crippen LogP contribution in [0.1, 0.15) is 29.7 Å². The molecule has 1 aliphatic heterocycles. The van der Waals surface area contributed by atoms with Crippen molar-refractivity contribution in [1.82, 2.24) is 5.32 Å². The Morgan fingerprint density at radius 2 is 1.95 bits per heavy atom. The Morgan fingerprint density at radius 3 is 2.76 bits per heavy atom. The van der Waals surface area contributed by atoms with Crippen LogP contribution in [0.3, 0.4) is 0 Å². The summed E-state index contributed by atoms with van der Waals surface area (Å²) in [6.07, 6.45) is 1.01. The number of benzene rings is 2. The Morgan fingerprint density at radius 1 is 1.14 bits per heavy atom. The van der Waals surface area contributed by atoms with Gasteiger partial charge in [-0.15, -0.1) is 0 Å². The van der Waals surface area contributed by atoms with Crippen molar-refractivity contribution >= 4 is 15.9 Å². The number of nitrogens with one attached hydrogen (secondary N) is 1. The van der Waals surface area contributed by atoms with Gasteiger partial charge in [-0.25, -0.2) is 0 Å². The Bertz CT molecular complexity index is 599. The minimum Gasteiger partial charge on any atom is -0.375 e. The van der Waals surface area contributed by atoms with Gasteiger partial charge in [0, 0.05) is 16.6 Å². The Kier molecular flexibility index (Phi) is 4.73. The van der Waals surface area contributed by atoms with Crippen LogP contribution in [0.15, 0.2) is 53.0 Å². The molecular formula is C18H20BrNO. The van der Waals surface area contributed by atoms with Gasteiger partial charge < -0.3 is 10.1 Å². The molecule has 110 valence electrons. The summed E-state index contributed by atoms with van der Waals surface area (Å²) in [7, 11) is 0. The van der Waals surface area contributed by atoms with E-state index in [9.17, 15) is 0 Å². The van der Waals surface area contributed by atoms with Crippen LogP contribution >= 0.6 is 15.9 Å². The smallest absolute Gasteiger partial charge is 0.0717 e. The fraction of sp³-hybridized carbons (Fsp3) is 0.333. The summed E-state index contributed by atoms with van der Waals surface area (Å²) >= 11 is 3.67. The largest absolute Gasteiger partial charge is 0.375 e. The van der Waals surface area contributed by atoms with Crippen molar-refractivity contribution < 1.29 is 4.74 Å². The summed E-state index contributed by atoms with van der Waals surface area (Å²) in [6.45, 7) is 3.63. The van der Waals surface area contributed by atoms with E-state index >= 15 is 0 Å². The monoisotopic (exact) mass is 345 g/mol. The van der Waals surface area contributed by atoms with Gasteiger partial charge in [0.05, 0.1) is 13.2 Å². The van der Waals surface area contributed by atoms with Crippen LogP contribution in [0.4, 0.5) is 0 Å². The summed E-state index contributed by atoms with van der Waals surface area (Å²) in [5, 5.41) is 3.64. The van der Waals surface area contributed by atoms with Crippen LogP contribution in [0.2, 0.25) is 0 Å². The molecule has 2 nitrogen and oxygen atoms in total. The molecule has 0 fully saturated rings. The van der Waals surface area contributed by atoms with Crippen molar-refractivity contribution in [1.29, 1.82) is 0 Å². The van der Waals surface area contributed by atoms with Crippen molar-refractivity contribution in [3.8, 4) is 0 Å². The van der Waals surface area contributed by atoms with Gasteiger partial charge in [-0.1, -0.05) is 58.4 Å². The average molecular weight is 346 g/mol. The van der Waals surface area contributed by atoms with Crippen LogP contribution in [-0.4, -0.2) is 12.6 Å². The molecule has 1 N–H and O–H groups in total. The molecule has 2 atom stereocenters. The lowest BCUT2D eigenvalue weighted by Gasteiger charge is -2.32. The standard InChI is InChI=1S/C18H20BrNO/c1-13-16-8-5-9-18(19)17(16)10-15(20-13)12-21-11-14-6-3-2-4-7-14/h2-9,13,15,20H,10-12H2,1H3/t13-,15+/m0/s1. The fourth-order valence-electron chi connectivity index (χ4n) is 2.95. The fourth-order valence-corrected chi connectivity index (χ4v) is 3.49. The highest BCUT2D eigenvalue weighted by atomic mass is 79.9. The highest BCUT2D eigenvalue weighted by Crippen LogP contribution is 2.30.